The van der Waals surface area contributed by atoms with Crippen molar-refractivity contribution in [2.45, 2.75) is 52.3 Å². The molecule has 1 aromatic carbocycles. The molecule has 0 spiro atoms. The van der Waals surface area contributed by atoms with Gasteiger partial charge in [-0.25, -0.2) is 0 Å². The lowest BCUT2D eigenvalue weighted by molar-refractivity contribution is 0.251. The van der Waals surface area contributed by atoms with Crippen LogP contribution < -0.4 is 14.8 Å². The predicted octanol–water partition coefficient (Wildman–Crippen LogP) is 2.27. The Morgan fingerprint density at radius 2 is 2.24 bits per heavy atom. The van der Waals surface area contributed by atoms with Crippen molar-refractivity contribution < 1.29 is 9.47 Å². The summed E-state index contributed by atoms with van der Waals surface area (Å²) in [6.07, 6.45) is 3.38. The van der Waals surface area contributed by atoms with Gasteiger partial charge in [0.2, 0.25) is 0 Å². The van der Waals surface area contributed by atoms with Crippen molar-refractivity contribution >= 4 is 0 Å². The maximum atomic E-state index is 6.02. The van der Waals surface area contributed by atoms with E-state index in [4.69, 9.17) is 9.47 Å². The first-order valence-corrected chi connectivity index (χ1v) is 9.10. The van der Waals surface area contributed by atoms with Crippen molar-refractivity contribution in [3.63, 3.8) is 0 Å². The first-order chi connectivity index (χ1) is 12.1. The molecule has 2 atom stereocenters. The van der Waals surface area contributed by atoms with Gasteiger partial charge in [-0.1, -0.05) is 0 Å². The second-order valence-corrected chi connectivity index (χ2v) is 7.22. The van der Waals surface area contributed by atoms with Crippen LogP contribution in [0, 0.1) is 12.8 Å². The van der Waals surface area contributed by atoms with Gasteiger partial charge in [-0.3, -0.25) is 0 Å². The second kappa shape index (κ2) is 6.67. The van der Waals surface area contributed by atoms with Gasteiger partial charge in [0.05, 0.1) is 7.11 Å². The van der Waals surface area contributed by atoms with E-state index in [-0.39, 0.29) is 6.10 Å². The topological polar surface area (TPSA) is 61.2 Å². The maximum absolute atomic E-state index is 6.02. The molecule has 2 aliphatic heterocycles. The average molecular weight is 342 g/mol. The molecule has 0 radical (unpaired) electrons. The zero-order valence-corrected chi connectivity index (χ0v) is 15.2. The molecule has 2 aliphatic rings. The Morgan fingerprint density at radius 3 is 3.08 bits per heavy atom. The van der Waals surface area contributed by atoms with Gasteiger partial charge in [0.25, 0.3) is 0 Å². The molecule has 25 heavy (non-hydrogen) atoms. The smallest absolute Gasteiger partial charge is 0.133 e. The predicted molar refractivity (Wildman–Crippen MR) is 95.1 cm³/mol. The van der Waals surface area contributed by atoms with Crippen LogP contribution in [-0.2, 0) is 25.9 Å². The van der Waals surface area contributed by atoms with E-state index in [1.54, 1.807) is 7.11 Å². The fourth-order valence-electron chi connectivity index (χ4n) is 3.93. The lowest BCUT2D eigenvalue weighted by atomic mass is 9.99. The summed E-state index contributed by atoms with van der Waals surface area (Å²) in [6.45, 7) is 6.94. The minimum absolute atomic E-state index is 0.245. The van der Waals surface area contributed by atoms with E-state index in [1.807, 2.05) is 6.92 Å². The average Bonchev–Trinajstić information content (AvgIpc) is 3.17. The van der Waals surface area contributed by atoms with Crippen LogP contribution in [-0.4, -0.2) is 34.5 Å². The highest BCUT2D eigenvalue weighted by Gasteiger charge is 2.24. The number of ether oxygens (including phenoxy) is 2. The molecule has 1 N–H and O–H groups in total. The zero-order valence-electron chi connectivity index (χ0n) is 15.2. The molecule has 0 saturated heterocycles. The largest absolute Gasteiger partial charge is 0.497 e. The van der Waals surface area contributed by atoms with Gasteiger partial charge in [0.1, 0.15) is 29.3 Å². The molecule has 6 heteroatoms. The van der Waals surface area contributed by atoms with E-state index in [0.29, 0.717) is 5.92 Å². The molecular formula is C19H26N4O2. The summed E-state index contributed by atoms with van der Waals surface area (Å²) < 4.78 is 13.7. The first-order valence-electron chi connectivity index (χ1n) is 9.10. The fraction of sp³-hybridized carbons (Fsp3) is 0.579. The van der Waals surface area contributed by atoms with Crippen LogP contribution in [0.1, 0.15) is 36.1 Å². The Balaban J connectivity index is 1.40. The monoisotopic (exact) mass is 342 g/mol. The fourth-order valence-corrected chi connectivity index (χ4v) is 3.93. The van der Waals surface area contributed by atoms with E-state index in [0.717, 1.165) is 62.0 Å². The summed E-state index contributed by atoms with van der Waals surface area (Å²) in [4.78, 5) is 0. The summed E-state index contributed by atoms with van der Waals surface area (Å²) in [5, 5.41) is 12.1. The summed E-state index contributed by atoms with van der Waals surface area (Å²) in [5.41, 5.74) is 2.45. The van der Waals surface area contributed by atoms with E-state index in [2.05, 4.69) is 39.1 Å². The Labute approximate surface area is 148 Å². The molecule has 3 heterocycles. The van der Waals surface area contributed by atoms with Crippen LogP contribution in [0.3, 0.4) is 0 Å². The molecule has 2 aromatic rings. The lowest BCUT2D eigenvalue weighted by Crippen LogP contribution is -2.30. The highest BCUT2D eigenvalue weighted by Crippen LogP contribution is 2.36. The number of methoxy groups -OCH3 is 1. The minimum Gasteiger partial charge on any atom is -0.497 e. The summed E-state index contributed by atoms with van der Waals surface area (Å²) in [6, 6.07) is 4.19. The molecule has 0 saturated carbocycles. The molecule has 1 aromatic heterocycles. The van der Waals surface area contributed by atoms with Gasteiger partial charge in [0, 0.05) is 37.1 Å². The maximum Gasteiger partial charge on any atom is 0.133 e. The van der Waals surface area contributed by atoms with Crippen molar-refractivity contribution in [1.82, 2.24) is 20.1 Å². The standard InChI is InChI=1S/C19H26N4O2/c1-12-6-15-7-17(24-3)8-16(19(15)25-12)10-20-9-14-4-5-18-22-21-13(2)23(18)11-14/h7-8,12,14,20H,4-6,9-11H2,1-3H3/t12-,14+/m1/s1. The molecule has 0 fully saturated rings. The summed E-state index contributed by atoms with van der Waals surface area (Å²) in [5.74, 6) is 4.72. The molecule has 0 aliphatic carbocycles. The number of nitrogens with zero attached hydrogens (tertiary/aromatic N) is 3. The van der Waals surface area contributed by atoms with Crippen LogP contribution >= 0.6 is 0 Å². The highest BCUT2D eigenvalue weighted by atomic mass is 16.5. The van der Waals surface area contributed by atoms with Crippen LogP contribution in [0.5, 0.6) is 11.5 Å². The van der Waals surface area contributed by atoms with Crippen molar-refractivity contribution in [2.24, 2.45) is 5.92 Å². The van der Waals surface area contributed by atoms with Crippen molar-refractivity contribution in [3.05, 3.63) is 34.9 Å². The van der Waals surface area contributed by atoms with Crippen LogP contribution in [0.4, 0.5) is 0 Å². The Morgan fingerprint density at radius 1 is 1.36 bits per heavy atom. The van der Waals surface area contributed by atoms with Gasteiger partial charge in [0.15, 0.2) is 0 Å². The van der Waals surface area contributed by atoms with E-state index in [1.165, 1.54) is 11.1 Å². The first kappa shape index (κ1) is 16.4. The quantitative estimate of drug-likeness (QED) is 0.903. The zero-order chi connectivity index (χ0) is 17.4. The SMILES string of the molecule is COc1cc(CNC[C@@H]2CCc3nnc(C)n3C2)c2c(c1)C[C@@H](C)O2. The molecule has 0 bridgehead atoms. The Hall–Kier alpha value is -2.08. The van der Waals surface area contributed by atoms with Crippen molar-refractivity contribution in [3.8, 4) is 11.5 Å². The Kier molecular flexibility index (Phi) is 4.37. The van der Waals surface area contributed by atoms with Crippen LogP contribution in [0.2, 0.25) is 0 Å². The normalized spacial score (nSPS) is 21.6. The van der Waals surface area contributed by atoms with E-state index in [9.17, 15) is 0 Å². The number of rotatable bonds is 5. The third-order valence-corrected chi connectivity index (χ3v) is 5.26. The molecule has 134 valence electrons. The number of hydrogen-bond donors (Lipinski definition) is 1. The van der Waals surface area contributed by atoms with Gasteiger partial charge in [-0.2, -0.15) is 0 Å². The number of hydrogen-bond acceptors (Lipinski definition) is 5. The number of aryl methyl sites for hydroxylation is 2. The van der Waals surface area contributed by atoms with E-state index >= 15 is 0 Å². The van der Waals surface area contributed by atoms with Gasteiger partial charge >= 0.3 is 0 Å². The van der Waals surface area contributed by atoms with Gasteiger partial charge in [-0.15, -0.1) is 10.2 Å². The van der Waals surface area contributed by atoms with E-state index < -0.39 is 0 Å². The van der Waals surface area contributed by atoms with Gasteiger partial charge in [-0.05, 0) is 44.9 Å². The molecule has 0 amide bonds. The minimum atomic E-state index is 0.245. The molecule has 0 unspecified atom stereocenters. The number of aromatic nitrogens is 3. The third-order valence-electron chi connectivity index (χ3n) is 5.26. The highest BCUT2D eigenvalue weighted by molar-refractivity contribution is 5.49. The van der Waals surface area contributed by atoms with Gasteiger partial charge < -0.3 is 19.4 Å². The number of nitrogens with one attached hydrogen (secondary N) is 1. The van der Waals surface area contributed by atoms with Crippen LogP contribution in [0.25, 0.3) is 0 Å². The lowest BCUT2D eigenvalue weighted by Gasteiger charge is -2.24. The summed E-state index contributed by atoms with van der Waals surface area (Å²) >= 11 is 0. The second-order valence-electron chi connectivity index (χ2n) is 7.22. The summed E-state index contributed by atoms with van der Waals surface area (Å²) in [7, 11) is 1.72. The molecule has 6 nitrogen and oxygen atoms in total. The number of fused-ring (bicyclic) bond motifs is 2. The third kappa shape index (κ3) is 3.23. The van der Waals surface area contributed by atoms with Crippen LogP contribution in [0.15, 0.2) is 12.1 Å². The Bertz CT molecular complexity index is 771. The van der Waals surface area contributed by atoms with Crippen molar-refractivity contribution in [2.75, 3.05) is 13.7 Å². The number of benzene rings is 1. The molecule has 4 rings (SSSR count). The molecular weight excluding hydrogens is 316 g/mol. The van der Waals surface area contributed by atoms with Crippen molar-refractivity contribution in [1.29, 1.82) is 0 Å².